The molecule has 0 spiro atoms. The zero-order valence-electron chi connectivity index (χ0n) is 10.6. The average molecular weight is 314 g/mol. The van der Waals surface area contributed by atoms with Crippen molar-refractivity contribution in [3.05, 3.63) is 0 Å². The first kappa shape index (κ1) is 16.9. The van der Waals surface area contributed by atoms with Gasteiger partial charge in [0.1, 0.15) is 6.04 Å². The van der Waals surface area contributed by atoms with Crippen LogP contribution in [0, 0.1) is 17.8 Å². The van der Waals surface area contributed by atoms with Crippen molar-refractivity contribution in [2.75, 3.05) is 12.7 Å². The van der Waals surface area contributed by atoms with Crippen LogP contribution in [0.1, 0.15) is 25.7 Å². The quantitative estimate of drug-likeness (QED) is 0.581. The fraction of sp³-hybridized carbons (Fsp3) is 0.909. The van der Waals surface area contributed by atoms with E-state index in [4.69, 9.17) is 14.9 Å². The van der Waals surface area contributed by atoms with Crippen molar-refractivity contribution < 1.29 is 24.3 Å². The maximum Gasteiger partial charge on any atom is 0.325 e. The maximum atomic E-state index is 11.1. The number of carboxylic acids is 1. The topological polar surface area (TPSA) is 107 Å². The SMILES string of the molecule is Cl.O=C(O)C1NCCC2CC(CP(=O)(O)O)CCC21. The number of carbonyl (C=O) groups is 1. The van der Waals surface area contributed by atoms with Gasteiger partial charge in [0.2, 0.25) is 0 Å². The van der Waals surface area contributed by atoms with Crippen molar-refractivity contribution in [3.63, 3.8) is 0 Å². The van der Waals surface area contributed by atoms with Gasteiger partial charge in [-0.2, -0.15) is 0 Å². The third kappa shape index (κ3) is 4.43. The number of piperidine rings is 1. The van der Waals surface area contributed by atoms with Gasteiger partial charge >= 0.3 is 13.6 Å². The highest BCUT2D eigenvalue weighted by Crippen LogP contribution is 2.46. The Hall–Kier alpha value is -0.130. The van der Waals surface area contributed by atoms with Crippen LogP contribution in [-0.2, 0) is 9.36 Å². The number of halogens is 1. The number of nitrogens with one attached hydrogen (secondary N) is 1. The first-order valence-corrected chi connectivity index (χ1v) is 8.17. The van der Waals surface area contributed by atoms with Gasteiger partial charge in [-0.05, 0) is 50.0 Å². The molecule has 0 aromatic heterocycles. The summed E-state index contributed by atoms with van der Waals surface area (Å²) in [6, 6.07) is -0.486. The Morgan fingerprint density at radius 2 is 1.95 bits per heavy atom. The molecule has 4 N–H and O–H groups in total. The van der Waals surface area contributed by atoms with E-state index in [1.807, 2.05) is 0 Å². The van der Waals surface area contributed by atoms with E-state index in [1.165, 1.54) is 0 Å². The Balaban J connectivity index is 0.00000180. The summed E-state index contributed by atoms with van der Waals surface area (Å²) in [6.45, 7) is 0.681. The van der Waals surface area contributed by atoms with Crippen LogP contribution in [0.4, 0.5) is 0 Å². The average Bonchev–Trinajstić information content (AvgIpc) is 2.25. The van der Waals surface area contributed by atoms with Crippen LogP contribution in [0.2, 0.25) is 0 Å². The van der Waals surface area contributed by atoms with Crippen molar-refractivity contribution in [1.82, 2.24) is 5.32 Å². The molecular formula is C11H21ClNO5P. The summed E-state index contributed by atoms with van der Waals surface area (Å²) in [6.07, 6.45) is 3.08. The predicted molar refractivity (Wildman–Crippen MR) is 72.5 cm³/mol. The molecule has 0 aromatic carbocycles. The van der Waals surface area contributed by atoms with E-state index >= 15 is 0 Å². The molecule has 4 unspecified atom stereocenters. The van der Waals surface area contributed by atoms with Crippen LogP contribution in [0.25, 0.3) is 0 Å². The number of fused-ring (bicyclic) bond motifs is 1. The van der Waals surface area contributed by atoms with E-state index in [1.54, 1.807) is 0 Å². The lowest BCUT2D eigenvalue weighted by atomic mass is 9.68. The van der Waals surface area contributed by atoms with Crippen molar-refractivity contribution in [1.29, 1.82) is 0 Å². The van der Waals surface area contributed by atoms with E-state index in [-0.39, 0.29) is 36.3 Å². The van der Waals surface area contributed by atoms with E-state index in [9.17, 15) is 9.36 Å². The number of carboxylic acid groups (broad SMARTS) is 1. The summed E-state index contributed by atoms with van der Waals surface area (Å²) >= 11 is 0. The molecule has 1 heterocycles. The molecule has 6 nitrogen and oxygen atoms in total. The van der Waals surface area contributed by atoms with Crippen LogP contribution in [-0.4, -0.2) is 39.6 Å². The fourth-order valence-corrected chi connectivity index (χ4v) is 4.51. The summed E-state index contributed by atoms with van der Waals surface area (Å²) in [4.78, 5) is 29.2. The van der Waals surface area contributed by atoms with Gasteiger partial charge in [-0.25, -0.2) is 0 Å². The standard InChI is InChI=1S/C11H20NO5P.ClH/c13-11(14)10-9-2-1-7(6-18(15,16)17)5-8(9)3-4-12-10;/h7-10,12H,1-6H2,(H,13,14)(H2,15,16,17);1H. The smallest absolute Gasteiger partial charge is 0.325 e. The zero-order valence-corrected chi connectivity index (χ0v) is 12.3. The molecule has 4 atom stereocenters. The Kier molecular flexibility index (Phi) is 5.83. The summed E-state index contributed by atoms with van der Waals surface area (Å²) in [5, 5.41) is 12.2. The Morgan fingerprint density at radius 1 is 1.26 bits per heavy atom. The summed E-state index contributed by atoms with van der Waals surface area (Å²) < 4.78 is 11.0. The van der Waals surface area contributed by atoms with Gasteiger partial charge in [-0.3, -0.25) is 9.36 Å². The fourth-order valence-electron chi connectivity index (χ4n) is 3.50. The minimum atomic E-state index is -3.95. The van der Waals surface area contributed by atoms with E-state index in [0.29, 0.717) is 6.54 Å². The van der Waals surface area contributed by atoms with E-state index < -0.39 is 19.6 Å². The lowest BCUT2D eigenvalue weighted by Gasteiger charge is -2.42. The van der Waals surface area contributed by atoms with Gasteiger partial charge in [0.05, 0.1) is 6.16 Å². The third-order valence-corrected chi connectivity index (χ3v) is 5.21. The molecule has 2 rings (SSSR count). The molecule has 1 saturated carbocycles. The van der Waals surface area contributed by atoms with Crippen LogP contribution >= 0.6 is 20.0 Å². The van der Waals surface area contributed by atoms with Gasteiger partial charge in [0, 0.05) is 0 Å². The molecule has 2 aliphatic rings. The van der Waals surface area contributed by atoms with E-state index in [2.05, 4.69) is 5.32 Å². The number of hydrogen-bond donors (Lipinski definition) is 4. The molecule has 1 aliphatic heterocycles. The highest BCUT2D eigenvalue weighted by atomic mass is 35.5. The van der Waals surface area contributed by atoms with Crippen LogP contribution < -0.4 is 5.32 Å². The lowest BCUT2D eigenvalue weighted by Crippen LogP contribution is -2.52. The number of rotatable bonds is 3. The molecule has 1 saturated heterocycles. The molecule has 0 aromatic rings. The van der Waals surface area contributed by atoms with Crippen LogP contribution in [0.15, 0.2) is 0 Å². The Morgan fingerprint density at radius 3 is 2.53 bits per heavy atom. The molecule has 0 bridgehead atoms. The van der Waals surface area contributed by atoms with Gasteiger partial charge < -0.3 is 20.2 Å². The normalized spacial score (nSPS) is 35.1. The molecular weight excluding hydrogens is 293 g/mol. The van der Waals surface area contributed by atoms with Gasteiger partial charge in [-0.1, -0.05) is 0 Å². The molecule has 0 amide bonds. The summed E-state index contributed by atoms with van der Waals surface area (Å²) in [5.74, 6) is -0.361. The molecule has 8 heteroatoms. The number of hydrogen-bond acceptors (Lipinski definition) is 3. The monoisotopic (exact) mass is 313 g/mol. The van der Waals surface area contributed by atoms with Crippen LogP contribution in [0.3, 0.4) is 0 Å². The third-order valence-electron chi connectivity index (χ3n) is 4.22. The lowest BCUT2D eigenvalue weighted by molar-refractivity contribution is -0.143. The Bertz CT molecular complexity index is 374. The number of aliphatic carboxylic acids is 1. The Labute approximate surface area is 118 Å². The second kappa shape index (κ2) is 6.55. The van der Waals surface area contributed by atoms with Crippen molar-refractivity contribution in [2.24, 2.45) is 17.8 Å². The second-order valence-electron chi connectivity index (χ2n) is 5.51. The zero-order chi connectivity index (χ0) is 13.3. The van der Waals surface area contributed by atoms with Crippen molar-refractivity contribution in [2.45, 2.75) is 31.7 Å². The first-order valence-electron chi connectivity index (χ1n) is 6.37. The minimum absolute atomic E-state index is 0. The molecule has 1 aliphatic carbocycles. The first-order chi connectivity index (χ1) is 8.37. The van der Waals surface area contributed by atoms with Gasteiger partial charge in [0.25, 0.3) is 0 Å². The van der Waals surface area contributed by atoms with Crippen molar-refractivity contribution in [3.8, 4) is 0 Å². The van der Waals surface area contributed by atoms with Gasteiger partial charge in [0.15, 0.2) is 0 Å². The summed E-state index contributed by atoms with van der Waals surface area (Å²) in [5.41, 5.74) is 0. The maximum absolute atomic E-state index is 11.1. The van der Waals surface area contributed by atoms with Crippen molar-refractivity contribution >= 4 is 26.0 Å². The van der Waals surface area contributed by atoms with Gasteiger partial charge in [-0.15, -0.1) is 12.4 Å². The molecule has 19 heavy (non-hydrogen) atoms. The second-order valence-corrected chi connectivity index (χ2v) is 7.20. The molecule has 2 fully saturated rings. The van der Waals surface area contributed by atoms with E-state index in [0.717, 1.165) is 25.7 Å². The molecule has 112 valence electrons. The largest absolute Gasteiger partial charge is 0.480 e. The van der Waals surface area contributed by atoms with Crippen LogP contribution in [0.5, 0.6) is 0 Å². The minimum Gasteiger partial charge on any atom is -0.480 e. The predicted octanol–water partition coefficient (Wildman–Crippen LogP) is 1.06. The molecule has 0 radical (unpaired) electrons. The highest BCUT2D eigenvalue weighted by Gasteiger charge is 2.41. The summed E-state index contributed by atoms with van der Waals surface area (Å²) in [7, 11) is -3.95. The highest BCUT2D eigenvalue weighted by molar-refractivity contribution is 7.51.